The molecule has 0 spiro atoms. The molecule has 2 aromatic carbocycles. The summed E-state index contributed by atoms with van der Waals surface area (Å²) >= 11 is 5.82. The minimum atomic E-state index is -3.79. The van der Waals surface area contributed by atoms with Crippen LogP contribution in [0.15, 0.2) is 47.4 Å². The molecule has 1 heterocycles. The molecule has 6 nitrogen and oxygen atoms in total. The number of halogens is 1. The molecular formula is C17H13ClN2O4S. The van der Waals surface area contributed by atoms with E-state index in [0.29, 0.717) is 22.1 Å². The summed E-state index contributed by atoms with van der Waals surface area (Å²) in [6.45, 7) is 0.113. The largest absolute Gasteiger partial charge is 0.454 e. The van der Waals surface area contributed by atoms with Crippen molar-refractivity contribution in [2.75, 3.05) is 6.79 Å². The van der Waals surface area contributed by atoms with Gasteiger partial charge in [0.25, 0.3) is 0 Å². The second-order valence-electron chi connectivity index (χ2n) is 6.05. The molecule has 2 aliphatic rings. The number of rotatable bonds is 3. The van der Waals surface area contributed by atoms with Gasteiger partial charge in [-0.2, -0.15) is 5.26 Å². The average molecular weight is 377 g/mol. The monoisotopic (exact) mass is 376 g/mol. The van der Waals surface area contributed by atoms with E-state index in [0.717, 1.165) is 0 Å². The van der Waals surface area contributed by atoms with Crippen LogP contribution >= 0.6 is 11.6 Å². The molecular weight excluding hydrogens is 364 g/mol. The van der Waals surface area contributed by atoms with Crippen LogP contribution in [0.3, 0.4) is 0 Å². The van der Waals surface area contributed by atoms with Crippen molar-refractivity contribution in [3.05, 3.63) is 53.1 Å². The van der Waals surface area contributed by atoms with E-state index in [9.17, 15) is 13.7 Å². The van der Waals surface area contributed by atoms with Gasteiger partial charge in [0.15, 0.2) is 21.3 Å². The molecule has 1 aliphatic carbocycles. The Hall–Kier alpha value is -2.27. The van der Waals surface area contributed by atoms with Crippen LogP contribution in [0.1, 0.15) is 11.5 Å². The van der Waals surface area contributed by atoms with E-state index < -0.39 is 26.5 Å². The zero-order valence-electron chi connectivity index (χ0n) is 12.8. The van der Waals surface area contributed by atoms with Gasteiger partial charge in [-0.25, -0.2) is 8.42 Å². The van der Waals surface area contributed by atoms with Crippen LogP contribution in [0.5, 0.6) is 11.5 Å². The summed E-state index contributed by atoms with van der Waals surface area (Å²) in [5.41, 5.74) is 5.27. The lowest BCUT2D eigenvalue weighted by Crippen LogP contribution is -2.29. The van der Waals surface area contributed by atoms with Crippen molar-refractivity contribution in [1.82, 2.24) is 0 Å². The fourth-order valence-electron chi connectivity index (χ4n) is 3.27. The van der Waals surface area contributed by atoms with Crippen LogP contribution in [0.2, 0.25) is 5.02 Å². The number of nitriles is 1. The summed E-state index contributed by atoms with van der Waals surface area (Å²) in [6, 6.07) is 12.9. The highest BCUT2D eigenvalue weighted by Crippen LogP contribution is 2.56. The van der Waals surface area contributed by atoms with E-state index in [1.807, 2.05) is 6.07 Å². The second kappa shape index (κ2) is 5.36. The molecule has 128 valence electrons. The highest BCUT2D eigenvalue weighted by molar-refractivity contribution is 7.92. The highest BCUT2D eigenvalue weighted by Gasteiger charge is 2.70. The number of benzene rings is 2. The predicted octanol–water partition coefficient (Wildman–Crippen LogP) is 2.23. The first-order chi connectivity index (χ1) is 11.9. The Kier molecular flexibility index (Phi) is 3.48. The lowest BCUT2D eigenvalue weighted by molar-refractivity contribution is 0.174. The minimum absolute atomic E-state index is 0.0928. The first kappa shape index (κ1) is 16.2. The third-order valence-corrected chi connectivity index (χ3v) is 7.12. The molecule has 0 aromatic heterocycles. The average Bonchev–Trinajstić information content (AvgIpc) is 2.99. The van der Waals surface area contributed by atoms with Crippen molar-refractivity contribution in [3.63, 3.8) is 0 Å². The van der Waals surface area contributed by atoms with Gasteiger partial charge in [-0.05, 0) is 42.0 Å². The molecule has 0 bridgehead atoms. The fraction of sp³-hybridized carbons (Fsp3) is 0.235. The lowest BCUT2D eigenvalue weighted by Gasteiger charge is -2.05. The molecule has 1 aliphatic heterocycles. The Morgan fingerprint density at radius 3 is 2.52 bits per heavy atom. The topological polar surface area (TPSA) is 102 Å². The normalized spacial score (nSPS) is 26.9. The zero-order valence-corrected chi connectivity index (χ0v) is 14.4. The number of ether oxygens (including phenoxy) is 2. The quantitative estimate of drug-likeness (QED) is 0.881. The molecule has 25 heavy (non-hydrogen) atoms. The number of fused-ring (bicyclic) bond motifs is 1. The Balaban J connectivity index is 1.75. The standard InChI is InChI=1S/C17H13ClN2O4S/c18-11-2-4-12(5-3-11)25(21,22)16-15(17(16,20)8-19)10-1-6-13-14(7-10)24-9-23-13/h1-7,15-16H,9,20H2/t15-,16-,17+/m1/s1. The van der Waals surface area contributed by atoms with E-state index in [1.165, 1.54) is 24.3 Å². The molecule has 0 radical (unpaired) electrons. The van der Waals surface area contributed by atoms with Gasteiger partial charge in [0.05, 0.1) is 11.0 Å². The summed E-state index contributed by atoms with van der Waals surface area (Å²) in [5, 5.41) is 8.89. The summed E-state index contributed by atoms with van der Waals surface area (Å²) in [6.07, 6.45) is 0. The van der Waals surface area contributed by atoms with Crippen molar-refractivity contribution in [1.29, 1.82) is 5.26 Å². The molecule has 0 unspecified atom stereocenters. The summed E-state index contributed by atoms with van der Waals surface area (Å²) < 4.78 is 36.5. The minimum Gasteiger partial charge on any atom is -0.454 e. The molecule has 2 N–H and O–H groups in total. The number of hydrogen-bond donors (Lipinski definition) is 1. The van der Waals surface area contributed by atoms with Gasteiger partial charge >= 0.3 is 0 Å². The summed E-state index contributed by atoms with van der Waals surface area (Å²) in [5.74, 6) is 0.459. The van der Waals surface area contributed by atoms with Crippen LogP contribution in [-0.4, -0.2) is 26.0 Å². The van der Waals surface area contributed by atoms with E-state index >= 15 is 0 Å². The molecule has 2 aromatic rings. The Morgan fingerprint density at radius 2 is 1.84 bits per heavy atom. The first-order valence-corrected chi connectivity index (χ1v) is 9.39. The predicted molar refractivity (Wildman–Crippen MR) is 90.3 cm³/mol. The fourth-order valence-corrected chi connectivity index (χ4v) is 5.58. The maximum absolute atomic E-state index is 13.0. The molecule has 0 saturated heterocycles. The van der Waals surface area contributed by atoms with Crippen LogP contribution in [0.4, 0.5) is 0 Å². The molecule has 3 atom stereocenters. The molecule has 4 rings (SSSR count). The second-order valence-corrected chi connectivity index (χ2v) is 8.56. The SMILES string of the molecule is N#C[C@]1(N)[C@H](c2ccc3c(c2)OCO3)[C@H]1S(=O)(=O)c1ccc(Cl)cc1. The van der Waals surface area contributed by atoms with E-state index in [1.54, 1.807) is 18.2 Å². The Labute approximate surface area is 149 Å². The smallest absolute Gasteiger partial charge is 0.231 e. The van der Waals surface area contributed by atoms with Crippen molar-refractivity contribution < 1.29 is 17.9 Å². The number of nitrogens with two attached hydrogens (primary N) is 1. The van der Waals surface area contributed by atoms with Gasteiger partial charge < -0.3 is 15.2 Å². The van der Waals surface area contributed by atoms with Crippen LogP contribution in [0, 0.1) is 11.3 Å². The van der Waals surface area contributed by atoms with Crippen molar-refractivity contribution in [2.24, 2.45) is 5.73 Å². The molecule has 1 saturated carbocycles. The van der Waals surface area contributed by atoms with E-state index in [4.69, 9.17) is 26.8 Å². The highest BCUT2D eigenvalue weighted by atomic mass is 35.5. The van der Waals surface area contributed by atoms with Gasteiger partial charge in [0, 0.05) is 10.9 Å². The Morgan fingerprint density at radius 1 is 1.16 bits per heavy atom. The third-order valence-electron chi connectivity index (χ3n) is 4.60. The van der Waals surface area contributed by atoms with Crippen LogP contribution in [0.25, 0.3) is 0 Å². The van der Waals surface area contributed by atoms with Gasteiger partial charge in [0.1, 0.15) is 10.8 Å². The van der Waals surface area contributed by atoms with Gasteiger partial charge in [-0.15, -0.1) is 0 Å². The lowest BCUT2D eigenvalue weighted by atomic mass is 10.1. The van der Waals surface area contributed by atoms with E-state index in [-0.39, 0.29) is 11.7 Å². The van der Waals surface area contributed by atoms with Crippen LogP contribution in [-0.2, 0) is 9.84 Å². The summed E-state index contributed by atoms with van der Waals surface area (Å²) in [7, 11) is -3.79. The maximum Gasteiger partial charge on any atom is 0.231 e. The number of sulfone groups is 1. The van der Waals surface area contributed by atoms with Gasteiger partial charge in [-0.1, -0.05) is 17.7 Å². The molecule has 0 amide bonds. The van der Waals surface area contributed by atoms with Gasteiger partial charge in [0.2, 0.25) is 6.79 Å². The Bertz CT molecular complexity index is 1000. The molecule has 8 heteroatoms. The van der Waals surface area contributed by atoms with Gasteiger partial charge in [-0.3, -0.25) is 0 Å². The molecule has 1 fully saturated rings. The first-order valence-electron chi connectivity index (χ1n) is 7.47. The van der Waals surface area contributed by atoms with Crippen LogP contribution < -0.4 is 15.2 Å². The zero-order chi connectivity index (χ0) is 17.8. The van der Waals surface area contributed by atoms with Crippen molar-refractivity contribution in [3.8, 4) is 17.6 Å². The third kappa shape index (κ3) is 2.37. The summed E-state index contributed by atoms with van der Waals surface area (Å²) in [4.78, 5) is 0.0928. The number of hydrogen-bond acceptors (Lipinski definition) is 6. The van der Waals surface area contributed by atoms with Crippen molar-refractivity contribution in [2.45, 2.75) is 21.6 Å². The number of nitrogens with zero attached hydrogens (tertiary/aromatic N) is 1. The van der Waals surface area contributed by atoms with Crippen molar-refractivity contribution >= 4 is 21.4 Å². The van der Waals surface area contributed by atoms with E-state index in [2.05, 4.69) is 0 Å². The maximum atomic E-state index is 13.0.